The molecular weight excluding hydrogens is 544 g/mol. The molecule has 0 spiro atoms. The van der Waals surface area contributed by atoms with Crippen molar-refractivity contribution in [1.82, 2.24) is 5.32 Å². The van der Waals surface area contributed by atoms with Crippen LogP contribution in [0.25, 0.3) is 6.08 Å². The van der Waals surface area contributed by atoms with Gasteiger partial charge in [0.05, 0.1) is 12.4 Å². The molecule has 2 N–H and O–H groups in total. The monoisotopic (exact) mass is 570 g/mol. The highest BCUT2D eigenvalue weighted by Gasteiger charge is 2.16. The summed E-state index contributed by atoms with van der Waals surface area (Å²) in [6.45, 7) is 2.48. The van der Waals surface area contributed by atoms with Crippen molar-refractivity contribution in [1.29, 1.82) is 0 Å². The van der Waals surface area contributed by atoms with Crippen LogP contribution in [0.1, 0.15) is 33.2 Å². The highest BCUT2D eigenvalue weighted by molar-refractivity contribution is 8.00. The third kappa shape index (κ3) is 8.09. The third-order valence-electron chi connectivity index (χ3n) is 5.70. The van der Waals surface area contributed by atoms with E-state index in [1.54, 1.807) is 84.9 Å². The van der Waals surface area contributed by atoms with Crippen molar-refractivity contribution in [3.63, 3.8) is 0 Å². The van der Waals surface area contributed by atoms with Gasteiger partial charge in [0.15, 0.2) is 5.78 Å². The van der Waals surface area contributed by atoms with E-state index in [1.165, 1.54) is 17.8 Å². The molecule has 8 heteroatoms. The summed E-state index contributed by atoms with van der Waals surface area (Å²) < 4.78 is 5.42. The fraction of sp³-hybridized carbons (Fsp3) is 0.0938. The van der Waals surface area contributed by atoms with Gasteiger partial charge in [-0.05, 0) is 85.3 Å². The van der Waals surface area contributed by atoms with Crippen molar-refractivity contribution < 1.29 is 19.1 Å². The van der Waals surface area contributed by atoms with Gasteiger partial charge in [-0.2, -0.15) is 0 Å². The Balaban J connectivity index is 1.41. The maximum absolute atomic E-state index is 13.2. The molecule has 202 valence electrons. The lowest BCUT2D eigenvalue weighted by Gasteiger charge is -2.12. The lowest BCUT2D eigenvalue weighted by molar-refractivity contribution is -0.113. The van der Waals surface area contributed by atoms with Crippen molar-refractivity contribution in [2.45, 2.75) is 11.8 Å². The zero-order valence-electron chi connectivity index (χ0n) is 21.7. The number of anilines is 1. The molecule has 0 heterocycles. The quantitative estimate of drug-likeness (QED) is 0.114. The molecule has 0 aliphatic rings. The molecule has 40 heavy (non-hydrogen) atoms. The SMILES string of the molecule is CCOc1ccc(C(=O)CSc2ccc(NC(=O)/C(=C/c3ccccc3Cl)NC(=O)c3ccccc3)cc2)cc1. The molecule has 0 saturated heterocycles. The van der Waals surface area contributed by atoms with Gasteiger partial charge in [0.25, 0.3) is 11.8 Å². The van der Waals surface area contributed by atoms with E-state index in [4.69, 9.17) is 16.3 Å². The van der Waals surface area contributed by atoms with E-state index >= 15 is 0 Å². The summed E-state index contributed by atoms with van der Waals surface area (Å²) in [6, 6.07) is 29.9. The molecule has 0 atom stereocenters. The summed E-state index contributed by atoms with van der Waals surface area (Å²) in [5.74, 6) is 0.0895. The van der Waals surface area contributed by atoms with Crippen LogP contribution in [-0.2, 0) is 4.79 Å². The second-order valence-electron chi connectivity index (χ2n) is 8.55. The molecule has 0 aliphatic carbocycles. The average molecular weight is 571 g/mol. The lowest BCUT2D eigenvalue weighted by atomic mass is 10.1. The number of carbonyl (C=O) groups is 3. The van der Waals surface area contributed by atoms with Crippen LogP contribution >= 0.6 is 23.4 Å². The van der Waals surface area contributed by atoms with Crippen LogP contribution in [-0.4, -0.2) is 30.0 Å². The lowest BCUT2D eigenvalue weighted by Crippen LogP contribution is -2.30. The second kappa shape index (κ2) is 14.2. The molecule has 4 aromatic rings. The largest absolute Gasteiger partial charge is 0.494 e. The maximum atomic E-state index is 13.2. The van der Waals surface area contributed by atoms with Gasteiger partial charge in [-0.25, -0.2) is 0 Å². The standard InChI is InChI=1S/C32H27ClN2O4S/c1-2-39-26-16-12-22(13-17-26)30(36)21-40-27-18-14-25(15-19-27)34-32(38)29(20-24-10-6-7-11-28(24)33)35-31(37)23-8-4-3-5-9-23/h3-20H,2,21H2,1H3,(H,34,38)(H,35,37)/b29-20-. The number of ketones is 1. The number of carbonyl (C=O) groups excluding carboxylic acids is 3. The smallest absolute Gasteiger partial charge is 0.272 e. The van der Waals surface area contributed by atoms with Crippen molar-refractivity contribution in [2.24, 2.45) is 0 Å². The van der Waals surface area contributed by atoms with E-state index in [1.807, 2.05) is 25.1 Å². The summed E-state index contributed by atoms with van der Waals surface area (Å²) in [5, 5.41) is 5.97. The van der Waals surface area contributed by atoms with E-state index in [0.717, 1.165) is 10.6 Å². The van der Waals surface area contributed by atoms with Crippen molar-refractivity contribution >= 4 is 52.7 Å². The Morgan fingerprint density at radius 2 is 1.50 bits per heavy atom. The van der Waals surface area contributed by atoms with Crippen LogP contribution in [0.4, 0.5) is 5.69 Å². The number of amides is 2. The van der Waals surface area contributed by atoms with E-state index in [-0.39, 0.29) is 17.2 Å². The van der Waals surface area contributed by atoms with E-state index in [2.05, 4.69) is 10.6 Å². The summed E-state index contributed by atoms with van der Waals surface area (Å²) in [4.78, 5) is 39.5. The molecule has 0 aliphatic heterocycles. The Kier molecular flexibility index (Phi) is 10.2. The molecule has 0 bridgehead atoms. The van der Waals surface area contributed by atoms with Crippen LogP contribution in [0.15, 0.2) is 114 Å². The molecule has 0 radical (unpaired) electrons. The zero-order valence-corrected chi connectivity index (χ0v) is 23.3. The van der Waals surface area contributed by atoms with Gasteiger partial charge in [0.1, 0.15) is 11.4 Å². The number of benzene rings is 4. The van der Waals surface area contributed by atoms with Crippen LogP contribution in [0.2, 0.25) is 5.02 Å². The highest BCUT2D eigenvalue weighted by Crippen LogP contribution is 2.23. The minimum Gasteiger partial charge on any atom is -0.494 e. The Bertz CT molecular complexity index is 1500. The molecule has 0 aromatic heterocycles. The van der Waals surface area contributed by atoms with Crippen molar-refractivity contribution in [2.75, 3.05) is 17.7 Å². The summed E-state index contributed by atoms with van der Waals surface area (Å²) >= 11 is 7.70. The predicted octanol–water partition coefficient (Wildman–Crippen LogP) is 7.12. The summed E-state index contributed by atoms with van der Waals surface area (Å²) in [5.41, 5.74) is 2.20. The van der Waals surface area contributed by atoms with Gasteiger partial charge in [0, 0.05) is 26.7 Å². The summed E-state index contributed by atoms with van der Waals surface area (Å²) in [6.07, 6.45) is 1.54. The normalized spacial score (nSPS) is 11.0. The van der Waals surface area contributed by atoms with Gasteiger partial charge < -0.3 is 15.4 Å². The van der Waals surface area contributed by atoms with Crippen LogP contribution < -0.4 is 15.4 Å². The van der Waals surface area contributed by atoms with E-state index in [0.29, 0.717) is 34.0 Å². The number of thioether (sulfide) groups is 1. The first-order chi connectivity index (χ1) is 19.4. The van der Waals surface area contributed by atoms with Crippen LogP contribution in [0, 0.1) is 0 Å². The van der Waals surface area contributed by atoms with E-state index in [9.17, 15) is 14.4 Å². The number of hydrogen-bond acceptors (Lipinski definition) is 5. The third-order valence-corrected chi connectivity index (χ3v) is 7.06. The number of hydrogen-bond donors (Lipinski definition) is 2. The van der Waals surface area contributed by atoms with Gasteiger partial charge >= 0.3 is 0 Å². The molecule has 4 aromatic carbocycles. The molecule has 0 saturated carbocycles. The number of rotatable bonds is 11. The molecule has 4 rings (SSSR count). The number of Topliss-reactive ketones (excluding diaryl/α,β-unsaturated/α-hetero) is 1. The number of nitrogens with one attached hydrogen (secondary N) is 2. The molecule has 0 fully saturated rings. The topological polar surface area (TPSA) is 84.5 Å². The Morgan fingerprint density at radius 1 is 0.825 bits per heavy atom. The number of ether oxygens (including phenoxy) is 1. The fourth-order valence-corrected chi connectivity index (χ4v) is 4.64. The van der Waals surface area contributed by atoms with Crippen LogP contribution in [0.3, 0.4) is 0 Å². The fourth-order valence-electron chi connectivity index (χ4n) is 3.66. The Hall–Kier alpha value is -4.33. The van der Waals surface area contributed by atoms with Crippen LogP contribution in [0.5, 0.6) is 5.75 Å². The van der Waals surface area contributed by atoms with Crippen molar-refractivity contribution in [3.8, 4) is 5.75 Å². The maximum Gasteiger partial charge on any atom is 0.272 e. The first-order valence-corrected chi connectivity index (χ1v) is 13.9. The van der Waals surface area contributed by atoms with E-state index < -0.39 is 11.8 Å². The molecule has 6 nitrogen and oxygen atoms in total. The Labute approximate surface area is 242 Å². The number of halogens is 1. The zero-order chi connectivity index (χ0) is 28.3. The molecular formula is C32H27ClN2O4S. The first kappa shape index (κ1) is 28.7. The predicted molar refractivity (Wildman–Crippen MR) is 161 cm³/mol. The molecule has 2 amide bonds. The second-order valence-corrected chi connectivity index (χ2v) is 10.0. The van der Waals surface area contributed by atoms with Crippen molar-refractivity contribution in [3.05, 3.63) is 131 Å². The first-order valence-electron chi connectivity index (χ1n) is 12.6. The average Bonchev–Trinajstić information content (AvgIpc) is 2.98. The van der Waals surface area contributed by atoms with Gasteiger partial charge in [0.2, 0.25) is 0 Å². The van der Waals surface area contributed by atoms with Gasteiger partial charge in [-0.15, -0.1) is 11.8 Å². The Morgan fingerprint density at radius 3 is 2.17 bits per heavy atom. The van der Waals surface area contributed by atoms with Gasteiger partial charge in [-0.3, -0.25) is 14.4 Å². The summed E-state index contributed by atoms with van der Waals surface area (Å²) in [7, 11) is 0. The molecule has 0 unspecified atom stereocenters. The van der Waals surface area contributed by atoms with Gasteiger partial charge in [-0.1, -0.05) is 48.0 Å². The minimum atomic E-state index is -0.504. The minimum absolute atomic E-state index is 0.00828. The highest BCUT2D eigenvalue weighted by atomic mass is 35.5.